The molecule has 1 heterocycles. The van der Waals surface area contributed by atoms with E-state index in [0.29, 0.717) is 12.0 Å². The maximum atomic E-state index is 12.7. The summed E-state index contributed by atoms with van der Waals surface area (Å²) in [7, 11) is 0. The summed E-state index contributed by atoms with van der Waals surface area (Å²) in [5.74, 6) is 0.543. The highest BCUT2D eigenvalue weighted by molar-refractivity contribution is 6.09. The molecule has 0 N–H and O–H groups in total. The Hall–Kier alpha value is -1.93. The third-order valence-corrected chi connectivity index (χ3v) is 5.45. The van der Waals surface area contributed by atoms with Gasteiger partial charge in [-0.05, 0) is 43.9 Å². The Bertz CT molecular complexity index is 694. The van der Waals surface area contributed by atoms with Crippen molar-refractivity contribution < 1.29 is 4.79 Å². The molecular weight excluding hydrogens is 306 g/mol. The zero-order valence-electron chi connectivity index (χ0n) is 15.4. The van der Waals surface area contributed by atoms with Gasteiger partial charge in [0.1, 0.15) is 0 Å². The lowest BCUT2D eigenvalue weighted by Crippen LogP contribution is -2.35. The first kappa shape index (κ1) is 17.9. The second-order valence-electron chi connectivity index (χ2n) is 7.41. The van der Waals surface area contributed by atoms with Crippen LogP contribution in [0.1, 0.15) is 66.9 Å². The van der Waals surface area contributed by atoms with Crippen LogP contribution in [0.3, 0.4) is 0 Å². The van der Waals surface area contributed by atoms with E-state index in [1.54, 1.807) is 0 Å². The number of hydrogen-bond donors (Lipinski definition) is 0. The molecule has 2 heteroatoms. The normalized spacial score (nSPS) is 20.0. The molecule has 2 aromatic rings. The Balaban J connectivity index is 1.73. The van der Waals surface area contributed by atoms with Gasteiger partial charge in [0, 0.05) is 23.7 Å². The Morgan fingerprint density at radius 1 is 1.04 bits per heavy atom. The third kappa shape index (κ3) is 4.58. The zero-order chi connectivity index (χ0) is 17.6. The Kier molecular flexibility index (Phi) is 6.04. The van der Waals surface area contributed by atoms with Gasteiger partial charge in [0.2, 0.25) is 0 Å². The summed E-state index contributed by atoms with van der Waals surface area (Å²) in [4.78, 5) is 15.3. The number of carbonyl (C=O) groups excluding carboxylic acids is 1. The van der Waals surface area contributed by atoms with Crippen LogP contribution in [0.25, 0.3) is 0 Å². The first-order valence-corrected chi connectivity index (χ1v) is 9.59. The molecular formula is C23H29NO. The second-order valence-corrected chi connectivity index (χ2v) is 7.41. The quantitative estimate of drug-likeness (QED) is 0.692. The molecule has 2 atom stereocenters. The molecule has 0 radical (unpaired) electrons. The molecule has 25 heavy (non-hydrogen) atoms. The van der Waals surface area contributed by atoms with Crippen LogP contribution in [0.4, 0.5) is 0 Å². The van der Waals surface area contributed by atoms with Crippen molar-refractivity contribution in [2.75, 3.05) is 13.1 Å². The van der Waals surface area contributed by atoms with E-state index in [9.17, 15) is 4.79 Å². The van der Waals surface area contributed by atoms with Gasteiger partial charge in [0.25, 0.3) is 0 Å². The van der Waals surface area contributed by atoms with Crippen molar-refractivity contribution in [2.45, 2.75) is 51.5 Å². The van der Waals surface area contributed by atoms with Gasteiger partial charge >= 0.3 is 0 Å². The number of hydrogen-bond acceptors (Lipinski definition) is 2. The SMILES string of the molecule is CC(CN1CCCCCC1C)c1cccc(C(=O)c2ccccc2)c1. The van der Waals surface area contributed by atoms with Crippen molar-refractivity contribution in [1.29, 1.82) is 0 Å². The van der Waals surface area contributed by atoms with E-state index in [0.717, 1.165) is 17.7 Å². The van der Waals surface area contributed by atoms with E-state index in [1.807, 2.05) is 42.5 Å². The fourth-order valence-electron chi connectivity index (χ4n) is 3.81. The molecule has 2 aromatic carbocycles. The maximum Gasteiger partial charge on any atom is 0.193 e. The van der Waals surface area contributed by atoms with Crippen LogP contribution < -0.4 is 0 Å². The lowest BCUT2D eigenvalue weighted by Gasteiger charge is -2.30. The fraction of sp³-hybridized carbons (Fsp3) is 0.435. The summed E-state index contributed by atoms with van der Waals surface area (Å²) in [5, 5.41) is 0. The molecule has 3 rings (SSSR count). The molecule has 0 saturated carbocycles. The Labute approximate surface area is 151 Å². The van der Waals surface area contributed by atoms with Gasteiger partial charge in [-0.25, -0.2) is 0 Å². The van der Waals surface area contributed by atoms with Crippen molar-refractivity contribution in [2.24, 2.45) is 0 Å². The average molecular weight is 335 g/mol. The molecule has 1 saturated heterocycles. The van der Waals surface area contributed by atoms with E-state index in [1.165, 1.54) is 37.8 Å². The largest absolute Gasteiger partial charge is 0.300 e. The van der Waals surface area contributed by atoms with Crippen molar-refractivity contribution in [1.82, 2.24) is 4.90 Å². The number of ketones is 1. The van der Waals surface area contributed by atoms with Crippen LogP contribution >= 0.6 is 0 Å². The standard InChI is InChI=1S/C23H29NO/c1-18(17-24-15-8-4-5-10-19(24)2)21-13-9-14-22(16-21)23(25)20-11-6-3-7-12-20/h3,6-7,9,11-14,16,18-19H,4-5,8,10,15,17H2,1-2H3. The summed E-state index contributed by atoms with van der Waals surface area (Å²) in [6, 6.07) is 18.4. The minimum atomic E-state index is 0.109. The minimum absolute atomic E-state index is 0.109. The van der Waals surface area contributed by atoms with Crippen LogP contribution in [0, 0.1) is 0 Å². The summed E-state index contributed by atoms with van der Waals surface area (Å²) < 4.78 is 0. The number of benzene rings is 2. The molecule has 0 bridgehead atoms. The predicted octanol–water partition coefficient (Wildman–Crippen LogP) is 5.29. The molecule has 2 unspecified atom stereocenters. The van der Waals surface area contributed by atoms with Crippen LogP contribution in [0.15, 0.2) is 54.6 Å². The fourth-order valence-corrected chi connectivity index (χ4v) is 3.81. The highest BCUT2D eigenvalue weighted by atomic mass is 16.1. The summed E-state index contributed by atoms with van der Waals surface area (Å²) >= 11 is 0. The molecule has 0 amide bonds. The van der Waals surface area contributed by atoms with E-state index in [-0.39, 0.29) is 5.78 Å². The van der Waals surface area contributed by atoms with Crippen molar-refractivity contribution >= 4 is 5.78 Å². The van der Waals surface area contributed by atoms with Crippen LogP contribution in [0.2, 0.25) is 0 Å². The number of nitrogens with zero attached hydrogens (tertiary/aromatic N) is 1. The average Bonchev–Trinajstić information content (AvgIpc) is 2.86. The minimum Gasteiger partial charge on any atom is -0.300 e. The number of rotatable bonds is 5. The highest BCUT2D eigenvalue weighted by Gasteiger charge is 2.20. The summed E-state index contributed by atoms with van der Waals surface area (Å²) in [6.45, 7) is 6.91. The maximum absolute atomic E-state index is 12.7. The van der Waals surface area contributed by atoms with Crippen molar-refractivity contribution in [3.63, 3.8) is 0 Å². The van der Waals surface area contributed by atoms with Crippen molar-refractivity contribution in [3.05, 3.63) is 71.3 Å². The monoisotopic (exact) mass is 335 g/mol. The van der Waals surface area contributed by atoms with Gasteiger partial charge in [-0.3, -0.25) is 4.79 Å². The summed E-state index contributed by atoms with van der Waals surface area (Å²) in [5.41, 5.74) is 2.81. The smallest absolute Gasteiger partial charge is 0.193 e. The lowest BCUT2D eigenvalue weighted by atomic mass is 9.95. The third-order valence-electron chi connectivity index (χ3n) is 5.45. The number of likely N-dealkylation sites (tertiary alicyclic amines) is 1. The molecule has 0 aliphatic carbocycles. The molecule has 2 nitrogen and oxygen atoms in total. The Morgan fingerprint density at radius 2 is 1.80 bits per heavy atom. The van der Waals surface area contributed by atoms with Crippen LogP contribution in [-0.4, -0.2) is 29.8 Å². The van der Waals surface area contributed by atoms with Gasteiger partial charge in [-0.2, -0.15) is 0 Å². The molecule has 0 aromatic heterocycles. The van der Waals surface area contributed by atoms with Gasteiger partial charge in [0.05, 0.1) is 0 Å². The van der Waals surface area contributed by atoms with Gasteiger partial charge in [-0.1, -0.05) is 68.3 Å². The molecule has 132 valence electrons. The van der Waals surface area contributed by atoms with E-state index in [2.05, 4.69) is 30.9 Å². The van der Waals surface area contributed by atoms with Gasteiger partial charge < -0.3 is 4.90 Å². The van der Waals surface area contributed by atoms with Crippen LogP contribution in [-0.2, 0) is 0 Å². The molecule has 1 aliphatic heterocycles. The van der Waals surface area contributed by atoms with Crippen molar-refractivity contribution in [3.8, 4) is 0 Å². The first-order chi connectivity index (χ1) is 12.1. The van der Waals surface area contributed by atoms with Gasteiger partial charge in [-0.15, -0.1) is 0 Å². The van der Waals surface area contributed by atoms with E-state index < -0.39 is 0 Å². The zero-order valence-corrected chi connectivity index (χ0v) is 15.4. The topological polar surface area (TPSA) is 20.3 Å². The first-order valence-electron chi connectivity index (χ1n) is 9.59. The lowest BCUT2D eigenvalue weighted by molar-refractivity contribution is 0.103. The molecule has 0 spiro atoms. The van der Waals surface area contributed by atoms with E-state index in [4.69, 9.17) is 0 Å². The highest BCUT2D eigenvalue weighted by Crippen LogP contribution is 2.23. The van der Waals surface area contributed by atoms with Gasteiger partial charge in [0.15, 0.2) is 5.78 Å². The van der Waals surface area contributed by atoms with Crippen LogP contribution in [0.5, 0.6) is 0 Å². The summed E-state index contributed by atoms with van der Waals surface area (Å²) in [6.07, 6.45) is 5.33. The molecule has 1 aliphatic rings. The Morgan fingerprint density at radius 3 is 2.60 bits per heavy atom. The second kappa shape index (κ2) is 8.44. The van der Waals surface area contributed by atoms with E-state index >= 15 is 0 Å². The molecule has 1 fully saturated rings. The number of carbonyl (C=O) groups is 1. The predicted molar refractivity (Wildman–Crippen MR) is 104 cm³/mol.